The van der Waals surface area contributed by atoms with Gasteiger partial charge in [-0.3, -0.25) is 4.90 Å². The number of rotatable bonds is 5. The molecule has 18 heavy (non-hydrogen) atoms. The summed E-state index contributed by atoms with van der Waals surface area (Å²) in [4.78, 5) is 6.94. The number of aromatic nitrogens is 1. The van der Waals surface area contributed by atoms with Crippen molar-refractivity contribution in [1.29, 1.82) is 0 Å². The molecule has 0 saturated carbocycles. The summed E-state index contributed by atoms with van der Waals surface area (Å²) in [5.74, 6) is 0. The Balaban J connectivity index is 1.79. The maximum atomic E-state index is 10.2. The molecule has 2 heterocycles. The average molecular weight is 268 g/mol. The highest BCUT2D eigenvalue weighted by molar-refractivity contribution is 7.09. The molecule has 0 amide bonds. The number of thiazole rings is 1. The summed E-state index contributed by atoms with van der Waals surface area (Å²) in [5, 5.41) is 13.5. The van der Waals surface area contributed by atoms with E-state index in [1.807, 2.05) is 13.8 Å². The maximum Gasteiger partial charge on any atom is 0.0897 e. The standard InChI is InChI=1S/C14H24N2OS/c1-11-15-12(10-18-11)6-4-8-16-9-5-7-13(16)14(2,3)17/h10,13,17H,4-9H2,1-3H3. The van der Waals surface area contributed by atoms with E-state index in [9.17, 15) is 5.11 Å². The SMILES string of the molecule is Cc1nc(CCCN2CCCC2C(C)(C)O)cs1. The Hall–Kier alpha value is -0.450. The molecule has 1 saturated heterocycles. The van der Waals surface area contributed by atoms with Crippen LogP contribution in [0, 0.1) is 6.92 Å². The van der Waals surface area contributed by atoms with Crippen LogP contribution in [-0.4, -0.2) is 39.7 Å². The second-order valence-corrected chi connectivity index (χ2v) is 6.87. The first-order valence-corrected chi connectivity index (χ1v) is 7.72. The molecule has 1 aromatic rings. The van der Waals surface area contributed by atoms with Crippen LogP contribution in [0.1, 0.15) is 43.8 Å². The molecule has 0 aromatic carbocycles. The Morgan fingerprint density at radius 2 is 2.33 bits per heavy atom. The molecule has 0 bridgehead atoms. The molecule has 1 aliphatic rings. The third-order valence-electron chi connectivity index (χ3n) is 3.72. The molecule has 102 valence electrons. The van der Waals surface area contributed by atoms with Gasteiger partial charge in [0.2, 0.25) is 0 Å². The van der Waals surface area contributed by atoms with Gasteiger partial charge in [-0.05, 0) is 59.5 Å². The van der Waals surface area contributed by atoms with Crippen molar-refractivity contribution in [3.63, 3.8) is 0 Å². The molecule has 1 fully saturated rings. The van der Waals surface area contributed by atoms with Crippen LogP contribution in [0.4, 0.5) is 0 Å². The van der Waals surface area contributed by atoms with Crippen molar-refractivity contribution in [2.45, 2.75) is 58.1 Å². The highest BCUT2D eigenvalue weighted by Crippen LogP contribution is 2.26. The largest absolute Gasteiger partial charge is 0.389 e. The minimum absolute atomic E-state index is 0.328. The van der Waals surface area contributed by atoms with E-state index in [2.05, 4.69) is 22.2 Å². The van der Waals surface area contributed by atoms with E-state index in [1.54, 1.807) is 11.3 Å². The van der Waals surface area contributed by atoms with Crippen LogP contribution in [-0.2, 0) is 6.42 Å². The quantitative estimate of drug-likeness (QED) is 0.892. The molecule has 3 nitrogen and oxygen atoms in total. The lowest BCUT2D eigenvalue weighted by molar-refractivity contribution is -0.00258. The zero-order valence-electron chi connectivity index (χ0n) is 11.6. The van der Waals surface area contributed by atoms with Gasteiger partial charge in [0, 0.05) is 11.4 Å². The van der Waals surface area contributed by atoms with Gasteiger partial charge in [0.25, 0.3) is 0 Å². The molecule has 0 aliphatic carbocycles. The van der Waals surface area contributed by atoms with Gasteiger partial charge < -0.3 is 5.11 Å². The summed E-state index contributed by atoms with van der Waals surface area (Å²) < 4.78 is 0. The zero-order chi connectivity index (χ0) is 13.2. The fourth-order valence-electron chi connectivity index (χ4n) is 2.88. The van der Waals surface area contributed by atoms with Crippen molar-refractivity contribution in [2.75, 3.05) is 13.1 Å². The predicted octanol–water partition coefficient (Wildman–Crippen LogP) is 2.62. The highest BCUT2D eigenvalue weighted by Gasteiger charge is 2.35. The number of nitrogens with zero attached hydrogens (tertiary/aromatic N) is 2. The summed E-state index contributed by atoms with van der Waals surface area (Å²) >= 11 is 1.73. The lowest BCUT2D eigenvalue weighted by atomic mass is 9.96. The van der Waals surface area contributed by atoms with E-state index in [0.717, 1.165) is 37.4 Å². The summed E-state index contributed by atoms with van der Waals surface area (Å²) in [6, 6.07) is 0.328. The number of aliphatic hydroxyl groups is 1. The van der Waals surface area contributed by atoms with Gasteiger partial charge in [0.1, 0.15) is 0 Å². The molecule has 1 N–H and O–H groups in total. The van der Waals surface area contributed by atoms with Crippen molar-refractivity contribution >= 4 is 11.3 Å². The Morgan fingerprint density at radius 1 is 1.56 bits per heavy atom. The highest BCUT2D eigenvalue weighted by atomic mass is 32.1. The zero-order valence-corrected chi connectivity index (χ0v) is 12.5. The first kappa shape index (κ1) is 14.0. The van der Waals surface area contributed by atoms with Gasteiger partial charge >= 0.3 is 0 Å². The molecule has 0 radical (unpaired) electrons. The van der Waals surface area contributed by atoms with Gasteiger partial charge in [0.05, 0.1) is 16.3 Å². The third-order valence-corrected chi connectivity index (χ3v) is 4.55. The summed E-state index contributed by atoms with van der Waals surface area (Å²) in [5.41, 5.74) is 0.643. The number of aryl methyl sites for hydroxylation is 2. The van der Waals surface area contributed by atoms with E-state index < -0.39 is 5.60 Å². The van der Waals surface area contributed by atoms with Crippen LogP contribution in [0.3, 0.4) is 0 Å². The monoisotopic (exact) mass is 268 g/mol. The molecule has 0 spiro atoms. The van der Waals surface area contributed by atoms with E-state index in [4.69, 9.17) is 0 Å². The topological polar surface area (TPSA) is 36.4 Å². The Kier molecular flexibility index (Phi) is 4.41. The van der Waals surface area contributed by atoms with Crippen LogP contribution < -0.4 is 0 Å². The maximum absolute atomic E-state index is 10.2. The van der Waals surface area contributed by atoms with Crippen LogP contribution in [0.25, 0.3) is 0 Å². The molecular weight excluding hydrogens is 244 g/mol. The van der Waals surface area contributed by atoms with Crippen molar-refractivity contribution in [3.05, 3.63) is 16.1 Å². The smallest absolute Gasteiger partial charge is 0.0897 e. The lowest BCUT2D eigenvalue weighted by Crippen LogP contribution is -2.45. The first-order chi connectivity index (χ1) is 8.47. The van der Waals surface area contributed by atoms with Crippen molar-refractivity contribution in [3.8, 4) is 0 Å². The van der Waals surface area contributed by atoms with Crippen molar-refractivity contribution in [2.24, 2.45) is 0 Å². The molecule has 4 heteroatoms. The van der Waals surface area contributed by atoms with Gasteiger partial charge in [-0.1, -0.05) is 0 Å². The summed E-state index contributed by atoms with van der Waals surface area (Å²) in [6.07, 6.45) is 4.53. The van der Waals surface area contributed by atoms with Crippen molar-refractivity contribution < 1.29 is 5.11 Å². The normalized spacial score (nSPS) is 21.7. The molecule has 1 aliphatic heterocycles. The van der Waals surface area contributed by atoms with E-state index in [-0.39, 0.29) is 0 Å². The molecule has 1 aromatic heterocycles. The number of hydrogen-bond donors (Lipinski definition) is 1. The molecular formula is C14H24N2OS. The van der Waals surface area contributed by atoms with Crippen LogP contribution in [0.15, 0.2) is 5.38 Å². The second-order valence-electron chi connectivity index (χ2n) is 5.81. The van der Waals surface area contributed by atoms with Gasteiger partial charge in [-0.15, -0.1) is 11.3 Å². The van der Waals surface area contributed by atoms with E-state index >= 15 is 0 Å². The van der Waals surface area contributed by atoms with Crippen LogP contribution in [0.5, 0.6) is 0 Å². The fraction of sp³-hybridized carbons (Fsp3) is 0.786. The average Bonchev–Trinajstić information content (AvgIpc) is 2.86. The summed E-state index contributed by atoms with van der Waals surface area (Å²) in [6.45, 7) is 8.12. The fourth-order valence-corrected chi connectivity index (χ4v) is 3.53. The summed E-state index contributed by atoms with van der Waals surface area (Å²) in [7, 11) is 0. The minimum Gasteiger partial charge on any atom is -0.389 e. The number of hydrogen-bond acceptors (Lipinski definition) is 4. The minimum atomic E-state index is -0.576. The Bertz CT molecular complexity index is 383. The van der Waals surface area contributed by atoms with E-state index in [1.165, 1.54) is 12.1 Å². The predicted molar refractivity (Wildman–Crippen MR) is 76.1 cm³/mol. The third kappa shape index (κ3) is 3.53. The first-order valence-electron chi connectivity index (χ1n) is 6.84. The van der Waals surface area contributed by atoms with E-state index in [0.29, 0.717) is 6.04 Å². The van der Waals surface area contributed by atoms with Gasteiger partial charge in [0.15, 0.2) is 0 Å². The van der Waals surface area contributed by atoms with Gasteiger partial charge in [-0.2, -0.15) is 0 Å². The van der Waals surface area contributed by atoms with Crippen LogP contribution in [0.2, 0.25) is 0 Å². The van der Waals surface area contributed by atoms with Crippen molar-refractivity contribution in [1.82, 2.24) is 9.88 Å². The Morgan fingerprint density at radius 3 is 2.94 bits per heavy atom. The molecule has 2 rings (SSSR count). The second kappa shape index (κ2) is 5.68. The number of likely N-dealkylation sites (tertiary alicyclic amines) is 1. The lowest BCUT2D eigenvalue weighted by Gasteiger charge is -2.33. The Labute approximate surface area is 114 Å². The molecule has 1 atom stereocenters. The van der Waals surface area contributed by atoms with Crippen LogP contribution >= 0.6 is 11.3 Å². The van der Waals surface area contributed by atoms with Gasteiger partial charge in [-0.25, -0.2) is 4.98 Å². The molecule has 1 unspecified atom stereocenters.